The number of halogens is 2. The second-order valence-corrected chi connectivity index (χ2v) is 6.61. The van der Waals surface area contributed by atoms with E-state index in [1.165, 1.54) is 0 Å². The van der Waals surface area contributed by atoms with E-state index in [0.29, 0.717) is 11.6 Å². The van der Waals surface area contributed by atoms with Crippen LogP contribution in [0.15, 0.2) is 24.3 Å². The Labute approximate surface area is 107 Å². The van der Waals surface area contributed by atoms with Gasteiger partial charge in [0.1, 0.15) is 0 Å². The largest absolute Gasteiger partial charge is 0.321 e. The molecular formula is C11H13Cl2O2P. The van der Waals surface area contributed by atoms with Gasteiger partial charge in [-0.2, -0.15) is 0 Å². The van der Waals surface area contributed by atoms with Gasteiger partial charge in [-0.25, -0.2) is 0 Å². The van der Waals surface area contributed by atoms with E-state index < -0.39 is 7.73 Å². The quantitative estimate of drug-likeness (QED) is 0.679. The predicted octanol–water partition coefficient (Wildman–Crippen LogP) is 4.92. The molecule has 88 valence electrons. The monoisotopic (exact) mass is 278 g/mol. The highest BCUT2D eigenvalue weighted by atomic mass is 35.7. The smallest absolute Gasteiger partial charge is 0.277 e. The lowest BCUT2D eigenvalue weighted by Gasteiger charge is -2.39. The summed E-state index contributed by atoms with van der Waals surface area (Å²) < 4.78 is 11.0. The third-order valence-electron chi connectivity index (χ3n) is 2.62. The highest BCUT2D eigenvalue weighted by molar-refractivity contribution is 7.76. The zero-order valence-electron chi connectivity index (χ0n) is 9.11. The summed E-state index contributed by atoms with van der Waals surface area (Å²) in [7, 11) is -1.31. The Balaban J connectivity index is 2.34. The number of benzene rings is 1. The minimum Gasteiger partial charge on any atom is -0.321 e. The van der Waals surface area contributed by atoms with Crippen molar-refractivity contribution in [1.29, 1.82) is 0 Å². The average molecular weight is 279 g/mol. The van der Waals surface area contributed by atoms with Crippen molar-refractivity contribution in [3.05, 3.63) is 34.9 Å². The molecule has 5 heteroatoms. The predicted molar refractivity (Wildman–Crippen MR) is 67.8 cm³/mol. The summed E-state index contributed by atoms with van der Waals surface area (Å²) in [6, 6.07) is 7.69. The molecule has 2 atom stereocenters. The summed E-state index contributed by atoms with van der Waals surface area (Å²) in [5.74, 6) is 0. The number of hydrogen-bond donors (Lipinski definition) is 0. The summed E-state index contributed by atoms with van der Waals surface area (Å²) in [5.41, 5.74) is 0.851. The van der Waals surface area contributed by atoms with Gasteiger partial charge in [0.25, 0.3) is 7.73 Å². The van der Waals surface area contributed by atoms with Gasteiger partial charge in [0.05, 0.1) is 12.7 Å². The molecule has 0 radical (unpaired) electrons. The molecule has 1 aromatic carbocycles. The normalized spacial score (nSPS) is 29.0. The molecule has 1 heterocycles. The van der Waals surface area contributed by atoms with Crippen molar-refractivity contribution in [2.45, 2.75) is 20.0 Å². The highest BCUT2D eigenvalue weighted by Gasteiger charge is 2.40. The fourth-order valence-corrected chi connectivity index (χ4v) is 3.39. The molecule has 2 rings (SSSR count). The van der Waals surface area contributed by atoms with Crippen LogP contribution in [0.4, 0.5) is 0 Å². The van der Waals surface area contributed by atoms with Gasteiger partial charge in [-0.05, 0) is 17.3 Å². The third kappa shape index (κ3) is 2.52. The van der Waals surface area contributed by atoms with Crippen molar-refractivity contribution in [3.63, 3.8) is 0 Å². The fraction of sp³-hybridized carbons (Fsp3) is 0.455. The van der Waals surface area contributed by atoms with Crippen molar-refractivity contribution < 1.29 is 9.05 Å². The SMILES string of the molecule is CC1(C)COP(Cl)OC1c1ccccc1Cl. The summed E-state index contributed by atoms with van der Waals surface area (Å²) in [6.45, 7) is 4.75. The molecule has 0 aromatic heterocycles. The molecule has 0 saturated carbocycles. The Kier molecular flexibility index (Phi) is 3.78. The fourth-order valence-electron chi connectivity index (χ4n) is 1.71. The van der Waals surface area contributed by atoms with E-state index in [1.54, 1.807) is 0 Å². The van der Waals surface area contributed by atoms with Crippen LogP contribution in [0.1, 0.15) is 25.5 Å². The van der Waals surface area contributed by atoms with Crippen molar-refractivity contribution >= 4 is 30.6 Å². The van der Waals surface area contributed by atoms with Crippen molar-refractivity contribution in [3.8, 4) is 0 Å². The zero-order chi connectivity index (χ0) is 11.8. The van der Waals surface area contributed by atoms with Crippen LogP contribution in [0.3, 0.4) is 0 Å². The first-order valence-corrected chi connectivity index (χ1v) is 7.47. The summed E-state index contributed by atoms with van der Waals surface area (Å²) >= 11 is 12.1. The van der Waals surface area contributed by atoms with Crippen LogP contribution in [-0.2, 0) is 9.05 Å². The van der Waals surface area contributed by atoms with E-state index in [1.807, 2.05) is 24.3 Å². The Morgan fingerprint density at radius 1 is 1.38 bits per heavy atom. The van der Waals surface area contributed by atoms with E-state index in [4.69, 9.17) is 31.9 Å². The van der Waals surface area contributed by atoms with Crippen molar-refractivity contribution in [2.75, 3.05) is 6.61 Å². The lowest BCUT2D eigenvalue weighted by atomic mass is 9.83. The second-order valence-electron chi connectivity index (χ2n) is 4.48. The third-order valence-corrected chi connectivity index (χ3v) is 4.21. The molecule has 1 aromatic rings. The Morgan fingerprint density at radius 3 is 2.75 bits per heavy atom. The van der Waals surface area contributed by atoms with E-state index in [9.17, 15) is 0 Å². The lowest BCUT2D eigenvalue weighted by molar-refractivity contribution is -0.00559. The Bertz CT molecular complexity index is 384. The Hall–Kier alpha value is 0.150. The summed E-state index contributed by atoms with van der Waals surface area (Å²) in [4.78, 5) is 0. The number of rotatable bonds is 1. The van der Waals surface area contributed by atoms with Gasteiger partial charge in [0.2, 0.25) is 0 Å². The van der Waals surface area contributed by atoms with E-state index in [-0.39, 0.29) is 11.5 Å². The van der Waals surface area contributed by atoms with Gasteiger partial charge >= 0.3 is 0 Å². The van der Waals surface area contributed by atoms with Crippen LogP contribution in [0.25, 0.3) is 0 Å². The standard InChI is InChI=1S/C11H13Cl2O2P/c1-11(2)7-14-16(13)15-10(11)8-5-3-4-6-9(8)12/h3-6,10H,7H2,1-2H3. The van der Waals surface area contributed by atoms with Crippen LogP contribution in [0, 0.1) is 5.41 Å². The average Bonchev–Trinajstić information content (AvgIpc) is 2.23. The van der Waals surface area contributed by atoms with Gasteiger partial charge < -0.3 is 9.05 Å². The van der Waals surface area contributed by atoms with Crippen molar-refractivity contribution in [2.24, 2.45) is 5.41 Å². The first-order valence-electron chi connectivity index (χ1n) is 5.01. The molecule has 0 spiro atoms. The van der Waals surface area contributed by atoms with Gasteiger partial charge in [0, 0.05) is 16.0 Å². The molecule has 16 heavy (non-hydrogen) atoms. The van der Waals surface area contributed by atoms with Gasteiger partial charge in [-0.15, -0.1) is 0 Å². The molecule has 2 nitrogen and oxygen atoms in total. The first kappa shape index (κ1) is 12.6. The molecule has 0 amide bonds. The zero-order valence-corrected chi connectivity index (χ0v) is 11.5. The van der Waals surface area contributed by atoms with Crippen LogP contribution < -0.4 is 0 Å². The van der Waals surface area contributed by atoms with Crippen LogP contribution in [0.5, 0.6) is 0 Å². The molecule has 0 aliphatic carbocycles. The summed E-state index contributed by atoms with van der Waals surface area (Å²) in [6.07, 6.45) is -0.112. The maximum Gasteiger partial charge on any atom is 0.277 e. The molecule has 1 aliphatic heterocycles. The maximum absolute atomic E-state index is 6.18. The lowest BCUT2D eigenvalue weighted by Crippen LogP contribution is -2.31. The molecular weight excluding hydrogens is 266 g/mol. The second kappa shape index (κ2) is 4.80. The highest BCUT2D eigenvalue weighted by Crippen LogP contribution is 2.58. The molecule has 1 fully saturated rings. The molecule has 0 bridgehead atoms. The van der Waals surface area contributed by atoms with E-state index in [2.05, 4.69) is 13.8 Å². The Morgan fingerprint density at radius 2 is 2.06 bits per heavy atom. The van der Waals surface area contributed by atoms with Gasteiger partial charge in [-0.1, -0.05) is 43.6 Å². The van der Waals surface area contributed by atoms with Crippen LogP contribution in [0.2, 0.25) is 5.02 Å². The van der Waals surface area contributed by atoms with Crippen LogP contribution >= 0.6 is 30.6 Å². The van der Waals surface area contributed by atoms with Crippen LogP contribution in [-0.4, -0.2) is 6.61 Å². The van der Waals surface area contributed by atoms with E-state index in [0.717, 1.165) is 5.56 Å². The minimum absolute atomic E-state index is 0.112. The molecule has 1 aliphatic rings. The molecule has 1 saturated heterocycles. The van der Waals surface area contributed by atoms with E-state index >= 15 is 0 Å². The number of hydrogen-bond acceptors (Lipinski definition) is 2. The van der Waals surface area contributed by atoms with Crippen molar-refractivity contribution in [1.82, 2.24) is 0 Å². The maximum atomic E-state index is 6.18. The summed E-state index contributed by atoms with van der Waals surface area (Å²) in [5, 5.41) is 0.711. The van der Waals surface area contributed by atoms with Gasteiger partial charge in [-0.3, -0.25) is 0 Å². The molecule has 0 N–H and O–H groups in total. The first-order chi connectivity index (χ1) is 7.50. The van der Waals surface area contributed by atoms with Gasteiger partial charge in [0.15, 0.2) is 0 Å². The molecule has 2 unspecified atom stereocenters. The topological polar surface area (TPSA) is 18.5 Å². The minimum atomic E-state index is -1.31.